The Kier molecular flexibility index (Phi) is 8.54. The van der Waals surface area contributed by atoms with Crippen LogP contribution in [0.5, 0.6) is 5.75 Å². The van der Waals surface area contributed by atoms with Crippen LogP contribution in [0.1, 0.15) is 57.9 Å². The maximum Gasteiger partial charge on any atom is 0.332 e. The summed E-state index contributed by atoms with van der Waals surface area (Å²) in [6, 6.07) is 2.79. The number of carbonyl (C=O) groups excluding carboxylic acids is 1. The average molecular weight is 573 g/mol. The van der Waals surface area contributed by atoms with E-state index in [0.717, 1.165) is 4.57 Å². The number of hydrogen-bond acceptors (Lipinski definition) is 8. The highest BCUT2D eigenvalue weighted by Crippen LogP contribution is 2.34. The Morgan fingerprint density at radius 2 is 1.80 bits per heavy atom. The third-order valence-corrected chi connectivity index (χ3v) is 7.62. The Morgan fingerprint density at radius 1 is 1.12 bits per heavy atom. The fourth-order valence-corrected chi connectivity index (χ4v) is 5.77. The number of thiophene rings is 1. The van der Waals surface area contributed by atoms with Gasteiger partial charge in [0.1, 0.15) is 33.5 Å². The molecular weight excluding hydrogens is 539 g/mol. The minimum Gasteiger partial charge on any atom is -0.496 e. The first-order chi connectivity index (χ1) is 18.9. The average Bonchev–Trinajstić information content (AvgIpc) is 3.53. The Hall–Kier alpha value is -3.84. The molecule has 2 atom stereocenters. The van der Waals surface area contributed by atoms with E-state index in [1.54, 1.807) is 20.8 Å². The molecule has 1 N–H and O–H groups in total. The minimum atomic E-state index is -1.10. The van der Waals surface area contributed by atoms with Gasteiger partial charge in [0.05, 0.1) is 37.5 Å². The number of aromatic nitrogens is 5. The molecule has 4 rings (SSSR count). The minimum absolute atomic E-state index is 0.0853. The first kappa shape index (κ1) is 29.2. The van der Waals surface area contributed by atoms with Crippen LogP contribution in [0.25, 0.3) is 15.2 Å². The molecule has 1 aromatic carbocycles. The SMILES string of the molecule is COc1ccc(F)cc1[C@H](Cn1c(=O)n([C@H](C)C(=O)NC(C)C)c(=O)c2c(C)c(-n3nccn3)sc21)OC(C)C. The monoisotopic (exact) mass is 572 g/mol. The summed E-state index contributed by atoms with van der Waals surface area (Å²) in [5, 5.41) is 12.0. The van der Waals surface area contributed by atoms with Gasteiger partial charge in [-0.05, 0) is 59.7 Å². The van der Waals surface area contributed by atoms with Crippen LogP contribution in [-0.4, -0.2) is 49.3 Å². The van der Waals surface area contributed by atoms with Crippen molar-refractivity contribution in [2.24, 2.45) is 0 Å². The predicted octanol–water partition coefficient (Wildman–Crippen LogP) is 3.51. The predicted molar refractivity (Wildman–Crippen MR) is 150 cm³/mol. The fraction of sp³-hybridized carbons (Fsp3) is 0.444. The molecule has 13 heteroatoms. The summed E-state index contributed by atoms with van der Waals surface area (Å²) >= 11 is 1.17. The zero-order valence-electron chi connectivity index (χ0n) is 23.5. The van der Waals surface area contributed by atoms with Crippen LogP contribution < -0.4 is 21.3 Å². The molecule has 0 spiro atoms. The summed E-state index contributed by atoms with van der Waals surface area (Å²) in [7, 11) is 1.47. The molecule has 3 heterocycles. The molecule has 0 unspecified atom stereocenters. The Balaban J connectivity index is 2.01. The molecule has 214 valence electrons. The van der Waals surface area contributed by atoms with Crippen molar-refractivity contribution < 1.29 is 18.7 Å². The van der Waals surface area contributed by atoms with Crippen molar-refractivity contribution in [1.29, 1.82) is 0 Å². The van der Waals surface area contributed by atoms with E-state index >= 15 is 0 Å². The van der Waals surface area contributed by atoms with Crippen molar-refractivity contribution in [2.75, 3.05) is 7.11 Å². The molecule has 0 aliphatic carbocycles. The summed E-state index contributed by atoms with van der Waals surface area (Å²) in [6.07, 6.45) is 1.90. The van der Waals surface area contributed by atoms with E-state index in [9.17, 15) is 18.8 Å². The van der Waals surface area contributed by atoms with E-state index in [1.165, 1.54) is 65.3 Å². The largest absolute Gasteiger partial charge is 0.496 e. The number of hydrogen-bond donors (Lipinski definition) is 1. The lowest BCUT2D eigenvalue weighted by Gasteiger charge is -2.25. The highest BCUT2D eigenvalue weighted by atomic mass is 32.1. The zero-order chi connectivity index (χ0) is 29.3. The number of benzene rings is 1. The standard InChI is InChI=1S/C27H33FN6O5S/c1-14(2)31-23(35)17(6)33-24(36)22-16(5)25(34-29-10-11-30-34)40-26(22)32(27(33)37)13-21(39-15(3)4)19-12-18(28)8-9-20(19)38-7/h8-12,14-15,17,21H,13H2,1-7H3,(H,31,35)/t17-,21+/m1/s1. The second kappa shape index (κ2) is 11.7. The lowest BCUT2D eigenvalue weighted by molar-refractivity contribution is -0.124. The lowest BCUT2D eigenvalue weighted by atomic mass is 10.1. The quantitative estimate of drug-likeness (QED) is 0.309. The summed E-state index contributed by atoms with van der Waals surface area (Å²) in [6.45, 7) is 10.4. The van der Waals surface area contributed by atoms with E-state index in [1.807, 2.05) is 13.8 Å². The summed E-state index contributed by atoms with van der Waals surface area (Å²) in [5.74, 6) is -0.574. The van der Waals surface area contributed by atoms with Gasteiger partial charge in [0.15, 0.2) is 0 Å². The molecule has 3 aromatic heterocycles. The van der Waals surface area contributed by atoms with Crippen LogP contribution in [0.4, 0.5) is 4.39 Å². The highest BCUT2D eigenvalue weighted by Gasteiger charge is 2.29. The Bertz CT molecular complexity index is 1640. The first-order valence-corrected chi connectivity index (χ1v) is 13.7. The van der Waals surface area contributed by atoms with Crippen molar-refractivity contribution in [3.05, 3.63) is 68.4 Å². The maximum atomic E-state index is 14.4. The number of ether oxygens (including phenoxy) is 2. The van der Waals surface area contributed by atoms with Crippen molar-refractivity contribution in [1.82, 2.24) is 29.4 Å². The number of nitrogens with zero attached hydrogens (tertiary/aromatic N) is 5. The molecule has 0 saturated carbocycles. The molecule has 0 aliphatic rings. The van der Waals surface area contributed by atoms with E-state index < -0.39 is 35.1 Å². The van der Waals surface area contributed by atoms with Crippen LogP contribution >= 0.6 is 11.3 Å². The summed E-state index contributed by atoms with van der Waals surface area (Å²) < 4.78 is 28.4. The summed E-state index contributed by atoms with van der Waals surface area (Å²) in [4.78, 5) is 42.6. The number of nitrogens with one attached hydrogen (secondary N) is 1. The molecule has 0 aliphatic heterocycles. The molecule has 0 fully saturated rings. The van der Waals surface area contributed by atoms with Crippen molar-refractivity contribution in [3.63, 3.8) is 0 Å². The third kappa shape index (κ3) is 5.56. The van der Waals surface area contributed by atoms with Crippen LogP contribution in [0.3, 0.4) is 0 Å². The number of methoxy groups -OCH3 is 1. The first-order valence-electron chi connectivity index (χ1n) is 12.9. The topological polar surface area (TPSA) is 122 Å². The van der Waals surface area contributed by atoms with Gasteiger partial charge < -0.3 is 14.8 Å². The molecule has 40 heavy (non-hydrogen) atoms. The van der Waals surface area contributed by atoms with Gasteiger partial charge in [-0.25, -0.2) is 13.8 Å². The van der Waals surface area contributed by atoms with Gasteiger partial charge in [0, 0.05) is 17.2 Å². The van der Waals surface area contributed by atoms with Crippen molar-refractivity contribution in [3.8, 4) is 10.8 Å². The van der Waals surface area contributed by atoms with Crippen LogP contribution in [0, 0.1) is 12.7 Å². The fourth-order valence-electron chi connectivity index (χ4n) is 4.55. The molecule has 0 saturated heterocycles. The van der Waals surface area contributed by atoms with Gasteiger partial charge in [-0.1, -0.05) is 11.3 Å². The van der Waals surface area contributed by atoms with Gasteiger partial charge in [-0.2, -0.15) is 10.2 Å². The maximum absolute atomic E-state index is 14.4. The van der Waals surface area contributed by atoms with Crippen LogP contribution in [0.15, 0.2) is 40.2 Å². The van der Waals surface area contributed by atoms with E-state index in [0.29, 0.717) is 26.7 Å². The Labute approximate surface area is 234 Å². The number of rotatable bonds is 10. The molecule has 1 amide bonds. The highest BCUT2D eigenvalue weighted by molar-refractivity contribution is 7.21. The van der Waals surface area contributed by atoms with Crippen LogP contribution in [0.2, 0.25) is 0 Å². The molecule has 11 nitrogen and oxygen atoms in total. The van der Waals surface area contributed by atoms with E-state index in [2.05, 4.69) is 15.5 Å². The summed E-state index contributed by atoms with van der Waals surface area (Å²) in [5.41, 5.74) is -0.330. The number of carbonyl (C=O) groups is 1. The smallest absolute Gasteiger partial charge is 0.332 e. The molecule has 0 radical (unpaired) electrons. The third-order valence-electron chi connectivity index (χ3n) is 6.34. The molecule has 0 bridgehead atoms. The van der Waals surface area contributed by atoms with E-state index in [-0.39, 0.29) is 24.1 Å². The molecule has 4 aromatic rings. The number of halogens is 1. The van der Waals surface area contributed by atoms with Gasteiger partial charge in [-0.15, -0.1) is 4.80 Å². The Morgan fingerprint density at radius 3 is 2.40 bits per heavy atom. The number of aryl methyl sites for hydroxylation is 1. The van der Waals surface area contributed by atoms with Crippen molar-refractivity contribution in [2.45, 2.75) is 72.4 Å². The zero-order valence-corrected chi connectivity index (χ0v) is 24.3. The van der Waals surface area contributed by atoms with Gasteiger partial charge in [0.25, 0.3) is 5.56 Å². The second-order valence-corrected chi connectivity index (χ2v) is 11.0. The second-order valence-electron chi connectivity index (χ2n) is 10.00. The number of amides is 1. The lowest BCUT2D eigenvalue weighted by Crippen LogP contribution is -2.47. The van der Waals surface area contributed by atoms with Gasteiger partial charge in [-0.3, -0.25) is 14.2 Å². The van der Waals surface area contributed by atoms with Crippen molar-refractivity contribution >= 4 is 27.5 Å². The van der Waals surface area contributed by atoms with Gasteiger partial charge >= 0.3 is 5.69 Å². The normalized spacial score (nSPS) is 13.2. The van der Waals surface area contributed by atoms with Gasteiger partial charge in [0.2, 0.25) is 5.91 Å². The number of fused-ring (bicyclic) bond motifs is 1. The van der Waals surface area contributed by atoms with Crippen LogP contribution in [-0.2, 0) is 16.1 Å². The molecular formula is C27H33FN6O5S. The van der Waals surface area contributed by atoms with E-state index in [4.69, 9.17) is 9.47 Å².